The van der Waals surface area contributed by atoms with Gasteiger partial charge in [-0.05, 0) is 30.5 Å². The molecule has 3 N–H and O–H groups in total. The van der Waals surface area contributed by atoms with E-state index in [0.717, 1.165) is 24.4 Å². The van der Waals surface area contributed by atoms with Crippen molar-refractivity contribution in [2.75, 3.05) is 7.05 Å². The van der Waals surface area contributed by atoms with E-state index in [1.54, 1.807) is 19.2 Å². The van der Waals surface area contributed by atoms with Gasteiger partial charge in [0.25, 0.3) is 0 Å². The Bertz CT molecular complexity index is 512. The fourth-order valence-electron chi connectivity index (χ4n) is 2.17. The number of rotatable bonds is 4. The van der Waals surface area contributed by atoms with Crippen molar-refractivity contribution in [3.63, 3.8) is 0 Å². The van der Waals surface area contributed by atoms with Crippen molar-refractivity contribution in [1.29, 1.82) is 0 Å². The first-order valence-electron chi connectivity index (χ1n) is 6.73. The van der Waals surface area contributed by atoms with Crippen LogP contribution in [-0.4, -0.2) is 24.2 Å². The van der Waals surface area contributed by atoms with Crippen molar-refractivity contribution in [3.8, 4) is 0 Å². The molecule has 0 radical (unpaired) electrons. The molecular formula is C15H21FIN3O. The molecule has 1 aromatic rings. The molecule has 1 aromatic carbocycles. The lowest BCUT2D eigenvalue weighted by Gasteiger charge is -2.17. The predicted molar refractivity (Wildman–Crippen MR) is 93.2 cm³/mol. The van der Waals surface area contributed by atoms with E-state index in [2.05, 4.69) is 27.8 Å². The Hall–Kier alpha value is -1.15. The number of hydrogen-bond acceptors (Lipinski definition) is 2. The second-order valence-electron chi connectivity index (χ2n) is 4.79. The Morgan fingerprint density at radius 3 is 2.71 bits per heavy atom. The van der Waals surface area contributed by atoms with Gasteiger partial charge in [0.05, 0.1) is 6.61 Å². The van der Waals surface area contributed by atoms with Crippen LogP contribution in [0.25, 0.3) is 0 Å². The summed E-state index contributed by atoms with van der Waals surface area (Å²) in [4.78, 5) is 4.17. The first-order chi connectivity index (χ1) is 9.72. The Labute approximate surface area is 141 Å². The summed E-state index contributed by atoms with van der Waals surface area (Å²) in [7, 11) is 1.72. The van der Waals surface area contributed by atoms with Crippen LogP contribution in [0.3, 0.4) is 0 Å². The molecule has 0 atom stereocenters. The molecule has 6 heteroatoms. The zero-order valence-electron chi connectivity index (χ0n) is 12.0. The monoisotopic (exact) mass is 405 g/mol. The number of aliphatic hydroxyl groups excluding tert-OH is 1. The fraction of sp³-hybridized carbons (Fsp3) is 0.400. The molecule has 0 heterocycles. The molecule has 0 amide bonds. The molecule has 0 bridgehead atoms. The van der Waals surface area contributed by atoms with Crippen molar-refractivity contribution >= 4 is 29.9 Å². The maximum absolute atomic E-state index is 13.3. The highest BCUT2D eigenvalue weighted by atomic mass is 127. The van der Waals surface area contributed by atoms with Gasteiger partial charge in [-0.3, -0.25) is 4.99 Å². The number of benzene rings is 1. The van der Waals surface area contributed by atoms with E-state index in [9.17, 15) is 4.39 Å². The number of hydrogen-bond donors (Lipinski definition) is 3. The molecule has 0 saturated heterocycles. The first-order valence-corrected chi connectivity index (χ1v) is 6.73. The molecule has 116 valence electrons. The minimum atomic E-state index is -0.379. The van der Waals surface area contributed by atoms with Gasteiger partial charge >= 0.3 is 0 Å². The van der Waals surface area contributed by atoms with E-state index in [4.69, 9.17) is 5.11 Å². The van der Waals surface area contributed by atoms with E-state index in [0.29, 0.717) is 18.2 Å². The Kier molecular flexibility index (Phi) is 7.66. The largest absolute Gasteiger partial charge is 0.392 e. The summed E-state index contributed by atoms with van der Waals surface area (Å²) in [6, 6.07) is 5.13. The molecule has 4 nitrogen and oxygen atoms in total. The zero-order chi connectivity index (χ0) is 14.4. The van der Waals surface area contributed by atoms with Crippen LogP contribution < -0.4 is 10.6 Å². The summed E-state index contributed by atoms with van der Waals surface area (Å²) in [6.45, 7) is 0.244. The van der Waals surface area contributed by atoms with Gasteiger partial charge in [-0.2, -0.15) is 0 Å². The predicted octanol–water partition coefficient (Wildman–Crippen LogP) is 2.32. The number of guanidine groups is 1. The summed E-state index contributed by atoms with van der Waals surface area (Å²) in [5.74, 6) is 0.351. The van der Waals surface area contributed by atoms with Crippen LogP contribution in [0.15, 0.2) is 35.3 Å². The van der Waals surface area contributed by atoms with Crippen LogP contribution in [0.1, 0.15) is 24.0 Å². The van der Waals surface area contributed by atoms with Crippen LogP contribution >= 0.6 is 24.0 Å². The number of halogens is 2. The standard InChI is InChI=1S/C15H20FN3O.HI/c1-17-15(19-13-4-2-3-5-13)18-9-11-6-7-14(16)12(8-11)10-20;/h2-3,6-8,13,20H,4-5,9-10H2,1H3,(H2,17,18,19);1H. The second-order valence-corrected chi connectivity index (χ2v) is 4.79. The number of nitrogens with one attached hydrogen (secondary N) is 2. The summed E-state index contributed by atoms with van der Waals surface area (Å²) in [6.07, 6.45) is 6.31. The van der Waals surface area contributed by atoms with Gasteiger partial charge in [0.1, 0.15) is 5.82 Å². The van der Waals surface area contributed by atoms with E-state index in [-0.39, 0.29) is 36.4 Å². The maximum Gasteiger partial charge on any atom is 0.191 e. The molecular weight excluding hydrogens is 384 g/mol. The third-order valence-corrected chi connectivity index (χ3v) is 3.31. The highest BCUT2D eigenvalue weighted by Gasteiger charge is 2.11. The Balaban J connectivity index is 0.00000220. The maximum atomic E-state index is 13.3. The Morgan fingerprint density at radius 2 is 2.10 bits per heavy atom. The van der Waals surface area contributed by atoms with Crippen LogP contribution in [0.4, 0.5) is 4.39 Å². The fourth-order valence-corrected chi connectivity index (χ4v) is 2.17. The highest BCUT2D eigenvalue weighted by molar-refractivity contribution is 14.0. The zero-order valence-corrected chi connectivity index (χ0v) is 14.3. The third kappa shape index (κ3) is 5.28. The van der Waals surface area contributed by atoms with Gasteiger partial charge in [0.15, 0.2) is 5.96 Å². The van der Waals surface area contributed by atoms with Gasteiger partial charge in [-0.1, -0.05) is 18.2 Å². The van der Waals surface area contributed by atoms with E-state index >= 15 is 0 Å². The van der Waals surface area contributed by atoms with E-state index in [1.165, 1.54) is 6.07 Å². The summed E-state index contributed by atoms with van der Waals surface area (Å²) in [5, 5.41) is 15.6. The van der Waals surface area contributed by atoms with Gasteiger partial charge in [-0.25, -0.2) is 4.39 Å². The lowest BCUT2D eigenvalue weighted by atomic mass is 10.1. The van der Waals surface area contributed by atoms with Crippen LogP contribution in [0.2, 0.25) is 0 Å². The average molecular weight is 405 g/mol. The van der Waals surface area contributed by atoms with Crippen LogP contribution in [0.5, 0.6) is 0 Å². The number of aliphatic hydroxyl groups is 1. The number of aliphatic imine (C=N–C) groups is 1. The van der Waals surface area contributed by atoms with Crippen molar-refractivity contribution in [2.24, 2.45) is 4.99 Å². The normalized spacial score (nSPS) is 14.9. The van der Waals surface area contributed by atoms with E-state index in [1.807, 2.05) is 0 Å². The Morgan fingerprint density at radius 1 is 1.38 bits per heavy atom. The molecule has 0 aliphatic heterocycles. The summed E-state index contributed by atoms with van der Waals surface area (Å²) < 4.78 is 13.3. The second kappa shape index (κ2) is 8.99. The minimum absolute atomic E-state index is 0. The smallest absolute Gasteiger partial charge is 0.191 e. The molecule has 0 unspecified atom stereocenters. The molecule has 21 heavy (non-hydrogen) atoms. The third-order valence-electron chi connectivity index (χ3n) is 3.31. The van der Waals surface area contributed by atoms with Gasteiger partial charge in [-0.15, -0.1) is 24.0 Å². The molecule has 2 rings (SSSR count). The molecule has 0 saturated carbocycles. The quantitative estimate of drug-likeness (QED) is 0.312. The molecule has 1 aliphatic rings. The van der Waals surface area contributed by atoms with Gasteiger partial charge in [0, 0.05) is 25.2 Å². The molecule has 0 aromatic heterocycles. The van der Waals surface area contributed by atoms with E-state index < -0.39 is 0 Å². The van der Waals surface area contributed by atoms with Crippen LogP contribution in [-0.2, 0) is 13.2 Å². The summed E-state index contributed by atoms with van der Waals surface area (Å²) >= 11 is 0. The minimum Gasteiger partial charge on any atom is -0.392 e. The molecule has 0 fully saturated rings. The number of nitrogens with zero attached hydrogens (tertiary/aromatic N) is 1. The SMILES string of the molecule is CN=C(NCc1ccc(F)c(CO)c1)NC1CC=CC1.I. The van der Waals surface area contributed by atoms with Crippen LogP contribution in [0, 0.1) is 5.82 Å². The van der Waals surface area contributed by atoms with Crippen molar-refractivity contribution in [3.05, 3.63) is 47.3 Å². The highest BCUT2D eigenvalue weighted by Crippen LogP contribution is 2.11. The van der Waals surface area contributed by atoms with Crippen molar-refractivity contribution in [1.82, 2.24) is 10.6 Å². The molecule has 1 aliphatic carbocycles. The first kappa shape index (κ1) is 17.9. The lowest BCUT2D eigenvalue weighted by Crippen LogP contribution is -2.42. The topological polar surface area (TPSA) is 56.7 Å². The summed E-state index contributed by atoms with van der Waals surface area (Å²) in [5.41, 5.74) is 1.22. The molecule has 0 spiro atoms. The van der Waals surface area contributed by atoms with Crippen molar-refractivity contribution in [2.45, 2.75) is 32.0 Å². The van der Waals surface area contributed by atoms with Crippen molar-refractivity contribution < 1.29 is 9.50 Å². The lowest BCUT2D eigenvalue weighted by molar-refractivity contribution is 0.275. The van der Waals surface area contributed by atoms with Gasteiger partial charge < -0.3 is 15.7 Å². The average Bonchev–Trinajstić information content (AvgIpc) is 2.97. The van der Waals surface area contributed by atoms with Gasteiger partial charge in [0.2, 0.25) is 0 Å².